The van der Waals surface area contributed by atoms with Crippen LogP contribution in [-0.4, -0.2) is 24.3 Å². The predicted octanol–water partition coefficient (Wildman–Crippen LogP) is 2.76. The van der Waals surface area contributed by atoms with Crippen molar-refractivity contribution in [2.45, 2.75) is 34.2 Å². The average molecular weight is 216 g/mol. The summed E-state index contributed by atoms with van der Waals surface area (Å²) in [5, 5.41) is 0. The monoisotopic (exact) mass is 216 g/mol. The fourth-order valence-corrected chi connectivity index (χ4v) is 2.28. The van der Waals surface area contributed by atoms with E-state index in [0.717, 1.165) is 19.6 Å². The number of hydrogen-bond acceptors (Lipinski definition) is 2. The maximum Gasteiger partial charge on any atom is 0.0854 e. The predicted molar refractivity (Wildman–Crippen MR) is 69.2 cm³/mol. The van der Waals surface area contributed by atoms with Crippen molar-refractivity contribution < 1.29 is 0 Å². The highest BCUT2D eigenvalue weighted by Gasteiger charge is 2.12. The van der Waals surface area contributed by atoms with Crippen molar-refractivity contribution in [1.29, 1.82) is 0 Å². The second-order valence-electron chi connectivity index (χ2n) is 4.73. The van der Waals surface area contributed by atoms with Crippen LogP contribution in [0.1, 0.15) is 27.8 Å². The highest BCUT2D eigenvalue weighted by atomic mass is 15.2. The molecule has 0 unspecified atom stereocenters. The smallest absolute Gasteiger partial charge is 0.0854 e. The minimum absolute atomic E-state index is 0.947. The number of nitrogens with zero attached hydrogens (tertiary/aromatic N) is 2. The van der Waals surface area contributed by atoms with Crippen molar-refractivity contribution in [3.05, 3.63) is 33.9 Å². The zero-order chi connectivity index (χ0) is 11.7. The molecule has 1 heterocycles. The third-order valence-electron chi connectivity index (χ3n) is 3.64. The first-order chi connectivity index (χ1) is 7.59. The quantitative estimate of drug-likeness (QED) is 0.742. The highest BCUT2D eigenvalue weighted by Crippen LogP contribution is 2.23. The van der Waals surface area contributed by atoms with E-state index in [0.29, 0.717) is 0 Å². The molecule has 0 spiro atoms. The summed E-state index contributed by atoms with van der Waals surface area (Å²) in [6, 6.07) is 2.28. The second kappa shape index (κ2) is 4.28. The van der Waals surface area contributed by atoms with Gasteiger partial charge in [-0.2, -0.15) is 0 Å². The molecule has 2 nitrogen and oxygen atoms in total. The van der Waals surface area contributed by atoms with Crippen molar-refractivity contribution in [3.8, 4) is 0 Å². The number of benzene rings is 1. The molecule has 0 bridgehead atoms. The fraction of sp³-hybridized carbons (Fsp3) is 0.500. The van der Waals surface area contributed by atoms with Gasteiger partial charge in [-0.1, -0.05) is 6.07 Å². The Balaban J connectivity index is 2.34. The van der Waals surface area contributed by atoms with Crippen molar-refractivity contribution in [1.82, 2.24) is 4.90 Å². The Labute approximate surface area is 98.0 Å². The third kappa shape index (κ3) is 1.97. The molecule has 0 aliphatic carbocycles. The molecule has 16 heavy (non-hydrogen) atoms. The Bertz CT molecular complexity index is 407. The molecule has 0 amide bonds. The van der Waals surface area contributed by atoms with Gasteiger partial charge in [0, 0.05) is 13.1 Å². The lowest BCUT2D eigenvalue weighted by Crippen LogP contribution is -2.20. The molecule has 2 rings (SSSR count). The summed E-state index contributed by atoms with van der Waals surface area (Å²) in [5.74, 6) is 0. The Morgan fingerprint density at radius 3 is 2.25 bits per heavy atom. The van der Waals surface area contributed by atoms with Crippen LogP contribution in [0.2, 0.25) is 0 Å². The van der Waals surface area contributed by atoms with Gasteiger partial charge in [-0.15, -0.1) is 0 Å². The normalized spacial score (nSPS) is 14.9. The van der Waals surface area contributed by atoms with E-state index < -0.39 is 0 Å². The number of rotatable bonds is 2. The average Bonchev–Trinajstić information content (AvgIpc) is 2.74. The van der Waals surface area contributed by atoms with Crippen LogP contribution in [0.15, 0.2) is 11.1 Å². The topological polar surface area (TPSA) is 15.6 Å². The van der Waals surface area contributed by atoms with Crippen molar-refractivity contribution >= 4 is 6.34 Å². The summed E-state index contributed by atoms with van der Waals surface area (Å²) in [5.41, 5.74) is 7.14. The first-order valence-corrected chi connectivity index (χ1v) is 5.90. The van der Waals surface area contributed by atoms with Crippen molar-refractivity contribution in [2.24, 2.45) is 4.99 Å². The Morgan fingerprint density at radius 1 is 1.12 bits per heavy atom. The Kier molecular flexibility index (Phi) is 2.99. The van der Waals surface area contributed by atoms with Crippen LogP contribution >= 0.6 is 0 Å². The zero-order valence-electron chi connectivity index (χ0n) is 10.7. The van der Waals surface area contributed by atoms with E-state index >= 15 is 0 Å². The van der Waals surface area contributed by atoms with Gasteiger partial charge in [0.15, 0.2) is 0 Å². The molecular weight excluding hydrogens is 196 g/mol. The summed E-state index contributed by atoms with van der Waals surface area (Å²) in [4.78, 5) is 6.57. The van der Waals surface area contributed by atoms with Crippen LogP contribution in [-0.2, 0) is 6.54 Å². The molecule has 1 aromatic rings. The van der Waals surface area contributed by atoms with Crippen LogP contribution in [0.5, 0.6) is 0 Å². The Morgan fingerprint density at radius 2 is 1.75 bits per heavy atom. The van der Waals surface area contributed by atoms with Crippen LogP contribution in [0, 0.1) is 27.7 Å². The number of aliphatic imine (C=N–C) groups is 1. The van der Waals surface area contributed by atoms with Gasteiger partial charge in [-0.3, -0.25) is 4.99 Å². The van der Waals surface area contributed by atoms with E-state index in [1.807, 2.05) is 6.34 Å². The van der Waals surface area contributed by atoms with E-state index in [2.05, 4.69) is 43.7 Å². The number of hydrogen-bond donors (Lipinski definition) is 0. The lowest BCUT2D eigenvalue weighted by atomic mass is 9.94. The first kappa shape index (κ1) is 11.2. The molecule has 1 aliphatic rings. The molecule has 0 N–H and O–H groups in total. The lowest BCUT2D eigenvalue weighted by Gasteiger charge is -2.20. The van der Waals surface area contributed by atoms with Gasteiger partial charge in [0.2, 0.25) is 0 Å². The molecule has 1 aliphatic heterocycles. The molecule has 0 atom stereocenters. The molecule has 0 fully saturated rings. The third-order valence-corrected chi connectivity index (χ3v) is 3.64. The van der Waals surface area contributed by atoms with Crippen LogP contribution in [0.25, 0.3) is 0 Å². The van der Waals surface area contributed by atoms with E-state index in [1.165, 1.54) is 27.8 Å². The van der Waals surface area contributed by atoms with Gasteiger partial charge in [0.1, 0.15) is 0 Å². The summed E-state index contributed by atoms with van der Waals surface area (Å²) in [6.07, 6.45) is 1.98. The molecule has 0 saturated carbocycles. The molecule has 0 aromatic heterocycles. The van der Waals surface area contributed by atoms with Gasteiger partial charge in [-0.05, 0) is 55.5 Å². The van der Waals surface area contributed by atoms with Gasteiger partial charge < -0.3 is 4.90 Å². The van der Waals surface area contributed by atoms with Crippen molar-refractivity contribution in [2.75, 3.05) is 13.1 Å². The van der Waals surface area contributed by atoms with E-state index in [9.17, 15) is 0 Å². The lowest BCUT2D eigenvalue weighted by molar-refractivity contribution is 0.460. The molecule has 0 saturated heterocycles. The molecule has 1 aromatic carbocycles. The van der Waals surface area contributed by atoms with Gasteiger partial charge in [-0.25, -0.2) is 0 Å². The van der Waals surface area contributed by atoms with Gasteiger partial charge in [0.25, 0.3) is 0 Å². The summed E-state index contributed by atoms with van der Waals surface area (Å²) >= 11 is 0. The fourth-order valence-electron chi connectivity index (χ4n) is 2.28. The maximum atomic E-state index is 4.27. The summed E-state index contributed by atoms with van der Waals surface area (Å²) < 4.78 is 0. The molecule has 2 heteroatoms. The van der Waals surface area contributed by atoms with Crippen molar-refractivity contribution in [3.63, 3.8) is 0 Å². The van der Waals surface area contributed by atoms with E-state index in [4.69, 9.17) is 0 Å². The van der Waals surface area contributed by atoms with E-state index in [1.54, 1.807) is 0 Å². The summed E-state index contributed by atoms with van der Waals surface area (Å²) in [6.45, 7) is 11.9. The minimum atomic E-state index is 0.947. The standard InChI is InChI=1S/C14H20N2/c1-10-7-11(2)13(4)14(12(10)3)8-16-6-5-15-9-16/h7,9H,5-6,8H2,1-4H3. The first-order valence-electron chi connectivity index (χ1n) is 5.90. The summed E-state index contributed by atoms with van der Waals surface area (Å²) in [7, 11) is 0. The highest BCUT2D eigenvalue weighted by molar-refractivity contribution is 5.58. The second-order valence-corrected chi connectivity index (χ2v) is 4.73. The zero-order valence-corrected chi connectivity index (χ0v) is 10.7. The molecule has 86 valence electrons. The Hall–Kier alpha value is -1.31. The van der Waals surface area contributed by atoms with Gasteiger partial charge >= 0.3 is 0 Å². The number of aryl methyl sites for hydroxylation is 2. The largest absolute Gasteiger partial charge is 0.357 e. The molecule has 0 radical (unpaired) electrons. The van der Waals surface area contributed by atoms with Crippen LogP contribution in [0.4, 0.5) is 0 Å². The van der Waals surface area contributed by atoms with Crippen LogP contribution < -0.4 is 0 Å². The van der Waals surface area contributed by atoms with E-state index in [-0.39, 0.29) is 0 Å². The minimum Gasteiger partial charge on any atom is -0.357 e. The maximum absolute atomic E-state index is 4.27. The van der Waals surface area contributed by atoms with Gasteiger partial charge in [0.05, 0.1) is 12.9 Å². The SMILES string of the molecule is Cc1cc(C)c(C)c(CN2C=NCC2)c1C. The molecular formula is C14H20N2. The van der Waals surface area contributed by atoms with Crippen LogP contribution in [0.3, 0.4) is 0 Å².